The molecule has 0 radical (unpaired) electrons. The van der Waals surface area contributed by atoms with Gasteiger partial charge in [-0.2, -0.15) is 0 Å². The molecule has 0 saturated heterocycles. The monoisotopic (exact) mass is 825 g/mol. The minimum atomic E-state index is -0.521. The number of hydrogen-bond acceptors (Lipinski definition) is 4. The normalized spacial score (nSPS) is 25.6. The molecule has 0 amide bonds. The molecule has 5 atom stereocenters. The van der Waals surface area contributed by atoms with Crippen molar-refractivity contribution in [1.82, 2.24) is 15.0 Å². The molecule has 2 heterocycles. The lowest BCUT2D eigenvalue weighted by molar-refractivity contribution is -0.000324. The third-order valence-electron chi connectivity index (χ3n) is 17.7. The molecule has 308 valence electrons. The Bertz CT molecular complexity index is 3310. The Morgan fingerprint density at radius 1 is 0.453 bits per heavy atom. The SMILES string of the molecule is CC1(C)c2ccccc2-c2ccc(-c3nc(-c4cccc(-c5ccc6c(c5)C5(c7ccccc7O6)c6ccccc6-c6ccccc65)c4)nc(C45CC6C[C@@H]7C[C@@H](C4)CC67C5)n3)cc21. The summed E-state index contributed by atoms with van der Waals surface area (Å²) in [4.78, 5) is 16.6. The van der Waals surface area contributed by atoms with E-state index >= 15 is 0 Å². The predicted octanol–water partition coefficient (Wildman–Crippen LogP) is 14.1. The third kappa shape index (κ3) is 4.42. The molecule has 1 aliphatic heterocycles. The Morgan fingerprint density at radius 3 is 1.83 bits per heavy atom. The molecular formula is C60H47N3O. The first-order chi connectivity index (χ1) is 31.3. The van der Waals surface area contributed by atoms with Crippen molar-refractivity contribution in [2.45, 2.75) is 68.6 Å². The minimum absolute atomic E-state index is 0.0199. The van der Waals surface area contributed by atoms with Crippen molar-refractivity contribution in [3.63, 3.8) is 0 Å². The van der Waals surface area contributed by atoms with Crippen LogP contribution in [0.15, 0.2) is 158 Å². The standard InChI is InChI=1S/C60H47N3O/c1-57(2)46-17-6-3-14-42(46)45-24-22-39(29-50(45)57)55-61-54(62-56(63-55)58-31-35-26-40-30-41(33-58)59(40,32-35)34-58)38-13-11-12-36(27-38)37-23-25-53-51(28-37)60(49-20-9-10-21-52(49)64-53)47-18-7-4-15-43(47)44-16-5-8-19-48(44)60/h3-25,27-29,35,40-41H,26,30-34H2,1-2H3/t35-,40-,41?,58?,59?/m0/s1. The highest BCUT2D eigenvalue weighted by Crippen LogP contribution is 2.78. The van der Waals surface area contributed by atoms with Gasteiger partial charge < -0.3 is 4.74 Å². The van der Waals surface area contributed by atoms with Gasteiger partial charge in [0.05, 0.1) is 5.41 Å². The van der Waals surface area contributed by atoms with Crippen LogP contribution in [0.1, 0.15) is 91.6 Å². The molecular weight excluding hydrogens is 779 g/mol. The van der Waals surface area contributed by atoms with Crippen molar-refractivity contribution >= 4 is 0 Å². The first-order valence-corrected chi connectivity index (χ1v) is 23.6. The molecule has 4 heteroatoms. The van der Waals surface area contributed by atoms with E-state index in [0.717, 1.165) is 74.5 Å². The van der Waals surface area contributed by atoms with Crippen LogP contribution in [0.3, 0.4) is 0 Å². The summed E-state index contributed by atoms with van der Waals surface area (Å²) in [5, 5.41) is 0. The highest BCUT2D eigenvalue weighted by molar-refractivity contribution is 5.89. The van der Waals surface area contributed by atoms with Gasteiger partial charge in [-0.25, -0.2) is 15.0 Å². The Labute approximate surface area is 374 Å². The molecule has 4 nitrogen and oxygen atoms in total. The van der Waals surface area contributed by atoms with E-state index in [9.17, 15) is 0 Å². The molecule has 6 aliphatic carbocycles. The number of fused-ring (bicyclic) bond motifs is 14. The lowest BCUT2D eigenvalue weighted by atomic mass is 9.55. The largest absolute Gasteiger partial charge is 0.457 e. The molecule has 7 aliphatic rings. The van der Waals surface area contributed by atoms with Gasteiger partial charge in [-0.15, -0.1) is 0 Å². The zero-order valence-corrected chi connectivity index (χ0v) is 36.2. The van der Waals surface area contributed by atoms with Crippen molar-refractivity contribution in [3.8, 4) is 67.7 Å². The molecule has 4 saturated carbocycles. The van der Waals surface area contributed by atoms with E-state index in [1.54, 1.807) is 0 Å². The van der Waals surface area contributed by atoms with Crippen LogP contribution in [0.4, 0.5) is 0 Å². The fraction of sp³-hybridized carbons (Fsp3) is 0.250. The van der Waals surface area contributed by atoms with Gasteiger partial charge in [-0.05, 0) is 148 Å². The first kappa shape index (κ1) is 35.8. The van der Waals surface area contributed by atoms with Gasteiger partial charge in [-0.3, -0.25) is 0 Å². The highest BCUT2D eigenvalue weighted by Gasteiger charge is 2.72. The van der Waals surface area contributed by atoms with Gasteiger partial charge in [0.2, 0.25) is 0 Å². The molecule has 64 heavy (non-hydrogen) atoms. The number of ether oxygens (including phenoxy) is 1. The van der Waals surface area contributed by atoms with Gasteiger partial charge >= 0.3 is 0 Å². The Kier molecular flexibility index (Phi) is 6.77. The molecule has 3 bridgehead atoms. The maximum absolute atomic E-state index is 6.79. The van der Waals surface area contributed by atoms with E-state index in [2.05, 4.69) is 172 Å². The van der Waals surface area contributed by atoms with Gasteiger partial charge in [0.15, 0.2) is 11.6 Å². The fourth-order valence-corrected chi connectivity index (χ4v) is 15.2. The fourth-order valence-electron chi connectivity index (χ4n) is 15.2. The molecule has 7 aromatic carbocycles. The predicted molar refractivity (Wildman–Crippen MR) is 253 cm³/mol. The van der Waals surface area contributed by atoms with Gasteiger partial charge in [0.25, 0.3) is 0 Å². The average Bonchev–Trinajstić information content (AvgIpc) is 3.91. The van der Waals surface area contributed by atoms with Crippen molar-refractivity contribution < 1.29 is 4.74 Å². The summed E-state index contributed by atoms with van der Waals surface area (Å²) in [7, 11) is 0. The van der Waals surface area contributed by atoms with Crippen LogP contribution in [0, 0.1) is 23.2 Å². The van der Waals surface area contributed by atoms with E-state index in [1.165, 1.54) is 88.6 Å². The molecule has 1 aromatic heterocycles. The van der Waals surface area contributed by atoms with Crippen LogP contribution in [-0.2, 0) is 16.2 Å². The number of benzene rings is 7. The number of nitrogens with zero attached hydrogens (tertiary/aromatic N) is 3. The Balaban J connectivity index is 0.892. The first-order valence-electron chi connectivity index (χ1n) is 23.6. The van der Waals surface area contributed by atoms with E-state index in [-0.39, 0.29) is 10.8 Å². The van der Waals surface area contributed by atoms with Crippen LogP contribution in [0.25, 0.3) is 56.2 Å². The van der Waals surface area contributed by atoms with Crippen LogP contribution in [0.5, 0.6) is 11.5 Å². The number of hydrogen-bond donors (Lipinski definition) is 0. The zero-order valence-electron chi connectivity index (χ0n) is 36.2. The van der Waals surface area contributed by atoms with Gasteiger partial charge in [-0.1, -0.05) is 141 Å². The summed E-state index contributed by atoms with van der Waals surface area (Å²) in [5.74, 6) is 6.92. The Morgan fingerprint density at radius 2 is 1.05 bits per heavy atom. The van der Waals surface area contributed by atoms with E-state index < -0.39 is 5.41 Å². The van der Waals surface area contributed by atoms with Crippen molar-refractivity contribution in [2.75, 3.05) is 0 Å². The summed E-state index contributed by atoms with van der Waals surface area (Å²) in [6.45, 7) is 4.71. The second kappa shape index (κ2) is 12.1. The lowest BCUT2D eigenvalue weighted by Gasteiger charge is -2.49. The summed E-state index contributed by atoms with van der Waals surface area (Å²) >= 11 is 0. The van der Waals surface area contributed by atoms with Crippen LogP contribution < -0.4 is 4.74 Å². The number of para-hydroxylation sites is 1. The maximum Gasteiger partial charge on any atom is 0.163 e. The second-order valence-electron chi connectivity index (χ2n) is 21.0. The van der Waals surface area contributed by atoms with Gasteiger partial charge in [0, 0.05) is 33.1 Å². The Hall–Kier alpha value is -6.65. The quantitative estimate of drug-likeness (QED) is 0.177. The van der Waals surface area contributed by atoms with E-state index in [0.29, 0.717) is 5.41 Å². The zero-order chi connectivity index (χ0) is 42.2. The molecule has 2 spiro atoms. The lowest BCUT2D eigenvalue weighted by Crippen LogP contribution is -2.42. The highest BCUT2D eigenvalue weighted by atomic mass is 16.5. The second-order valence-corrected chi connectivity index (χ2v) is 21.0. The van der Waals surface area contributed by atoms with Crippen LogP contribution >= 0.6 is 0 Å². The summed E-state index contributed by atoms with van der Waals surface area (Å²) < 4.78 is 6.79. The van der Waals surface area contributed by atoms with Crippen molar-refractivity contribution in [3.05, 3.63) is 197 Å². The molecule has 15 rings (SSSR count). The minimum Gasteiger partial charge on any atom is -0.457 e. The number of aromatic nitrogens is 3. The molecule has 4 fully saturated rings. The van der Waals surface area contributed by atoms with Crippen LogP contribution in [-0.4, -0.2) is 15.0 Å². The summed E-state index contributed by atoms with van der Waals surface area (Å²) in [5.41, 5.74) is 17.1. The van der Waals surface area contributed by atoms with E-state index in [4.69, 9.17) is 19.7 Å². The maximum atomic E-state index is 6.79. The number of rotatable bonds is 4. The van der Waals surface area contributed by atoms with Gasteiger partial charge in [0.1, 0.15) is 17.3 Å². The van der Waals surface area contributed by atoms with E-state index in [1.807, 2.05) is 0 Å². The molecule has 8 aromatic rings. The third-order valence-corrected chi connectivity index (χ3v) is 17.7. The summed E-state index contributed by atoms with van der Waals surface area (Å²) in [6.07, 6.45) is 7.92. The van der Waals surface area contributed by atoms with Crippen molar-refractivity contribution in [1.29, 1.82) is 0 Å². The van der Waals surface area contributed by atoms with Crippen LogP contribution in [0.2, 0.25) is 0 Å². The molecule has 0 N–H and O–H groups in total. The average molecular weight is 826 g/mol. The topological polar surface area (TPSA) is 47.9 Å². The summed E-state index contributed by atoms with van der Waals surface area (Å²) in [6, 6.07) is 58.1. The smallest absolute Gasteiger partial charge is 0.163 e. The van der Waals surface area contributed by atoms with Crippen molar-refractivity contribution in [2.24, 2.45) is 23.2 Å². The molecule has 3 unspecified atom stereocenters.